The quantitative estimate of drug-likeness (QED) is 0.244. The van der Waals surface area contributed by atoms with Crippen molar-refractivity contribution in [3.8, 4) is 5.75 Å². The first-order valence-corrected chi connectivity index (χ1v) is 15.1. The molecule has 2 aliphatic rings. The van der Waals surface area contributed by atoms with Crippen LogP contribution in [0, 0.1) is 3.57 Å². The highest BCUT2D eigenvalue weighted by Gasteiger charge is 2.60. The van der Waals surface area contributed by atoms with Gasteiger partial charge in [0.25, 0.3) is 5.56 Å². The Morgan fingerprint density at radius 2 is 1.69 bits per heavy atom. The molecule has 0 bridgehead atoms. The van der Waals surface area contributed by atoms with Gasteiger partial charge in [-0.2, -0.15) is 0 Å². The Labute approximate surface area is 271 Å². The molecule has 3 aromatic rings. The van der Waals surface area contributed by atoms with Crippen LogP contribution < -0.4 is 27.0 Å². The zero-order valence-electron chi connectivity index (χ0n) is 24.6. The summed E-state index contributed by atoms with van der Waals surface area (Å²) in [5.41, 5.74) is 5.63. The molecule has 4 N–H and O–H groups in total. The predicted molar refractivity (Wildman–Crippen MR) is 167 cm³/mol. The van der Waals surface area contributed by atoms with E-state index in [0.29, 0.717) is 11.3 Å². The van der Waals surface area contributed by atoms with E-state index >= 15 is 0 Å². The Bertz CT molecular complexity index is 1660. The van der Waals surface area contributed by atoms with Crippen LogP contribution in [0.25, 0.3) is 0 Å². The molecule has 6 atom stereocenters. The average Bonchev–Trinajstić information content (AvgIpc) is 3.48. The van der Waals surface area contributed by atoms with Crippen molar-refractivity contribution in [2.75, 3.05) is 7.11 Å². The minimum atomic E-state index is -1.50. The lowest BCUT2D eigenvalue weighted by Gasteiger charge is -2.32. The predicted octanol–water partition coefficient (Wildman–Crippen LogP) is 1.80. The van der Waals surface area contributed by atoms with Crippen LogP contribution >= 0.6 is 22.6 Å². The summed E-state index contributed by atoms with van der Waals surface area (Å²) in [5, 5.41) is 13.1. The van der Waals surface area contributed by atoms with Gasteiger partial charge in [0.1, 0.15) is 30.1 Å². The molecular formula is C30H33IN4O10. The second-order valence-corrected chi connectivity index (χ2v) is 12.3. The van der Waals surface area contributed by atoms with Gasteiger partial charge < -0.3 is 34.5 Å². The highest BCUT2D eigenvalue weighted by atomic mass is 127. The maximum absolute atomic E-state index is 13.7. The molecule has 3 heterocycles. The van der Waals surface area contributed by atoms with E-state index in [0.717, 1.165) is 13.7 Å². The summed E-state index contributed by atoms with van der Waals surface area (Å²) in [4.78, 5) is 51.2. The number of nitrogens with two attached hydrogens (primary N) is 1. The van der Waals surface area contributed by atoms with Gasteiger partial charge in [0.2, 0.25) is 0 Å². The number of methoxy groups -OCH3 is 1. The largest absolute Gasteiger partial charge is 0.497 e. The second-order valence-electron chi connectivity index (χ2n) is 11.1. The number of rotatable bonds is 11. The third-order valence-electron chi connectivity index (χ3n) is 7.54. The number of hydrogen-bond donors (Lipinski definition) is 3. The van der Waals surface area contributed by atoms with Crippen molar-refractivity contribution >= 4 is 34.7 Å². The summed E-state index contributed by atoms with van der Waals surface area (Å²) in [6.45, 7) is 3.39. The number of fused-ring (bicyclic) bond motifs is 1. The van der Waals surface area contributed by atoms with Gasteiger partial charge in [-0.25, -0.2) is 9.59 Å². The number of carbonyl (C=O) groups excluding carboxylic acids is 1. The van der Waals surface area contributed by atoms with Gasteiger partial charge in [-0.05, 0) is 71.8 Å². The molecule has 0 aliphatic carbocycles. The first-order valence-electron chi connectivity index (χ1n) is 14.0. The standard InChI is InChI=1S/C30H33IN4O10/c1-30(2)44-24-23(22(43-28(32)39)21(27(37)38)33-14-16-4-8-18(31)9-5-16)42-26(25(24)45-30)34-13-12-20(36)35(29(34)40)15-17-6-10-19(41-3)11-7-17/h4-13,21-26,33H,14-15H2,1-3H3,(H2,32,39)(H,37,38)/t21-,22-,23+,24+,25+,26+/m0/s1. The number of amides is 1. The highest BCUT2D eigenvalue weighted by molar-refractivity contribution is 14.1. The molecule has 14 nitrogen and oxygen atoms in total. The molecule has 1 aromatic heterocycles. The molecule has 0 saturated carbocycles. The van der Waals surface area contributed by atoms with Crippen molar-refractivity contribution in [2.24, 2.45) is 5.73 Å². The number of ether oxygens (including phenoxy) is 5. The molecule has 2 aromatic carbocycles. The van der Waals surface area contributed by atoms with E-state index in [9.17, 15) is 24.3 Å². The lowest BCUT2D eigenvalue weighted by atomic mass is 9.99. The van der Waals surface area contributed by atoms with Crippen molar-refractivity contribution in [1.82, 2.24) is 14.5 Å². The van der Waals surface area contributed by atoms with Crippen molar-refractivity contribution in [1.29, 1.82) is 0 Å². The zero-order chi connectivity index (χ0) is 32.5. The molecule has 5 rings (SSSR count). The fourth-order valence-electron chi connectivity index (χ4n) is 5.51. The lowest BCUT2D eigenvalue weighted by Crippen LogP contribution is -2.56. The van der Waals surface area contributed by atoms with Gasteiger partial charge in [0, 0.05) is 22.4 Å². The van der Waals surface area contributed by atoms with Crippen molar-refractivity contribution in [3.63, 3.8) is 0 Å². The summed E-state index contributed by atoms with van der Waals surface area (Å²) >= 11 is 2.16. The van der Waals surface area contributed by atoms with Crippen LogP contribution in [-0.4, -0.2) is 69.7 Å². The molecule has 2 fully saturated rings. The number of carboxylic acids is 1. The Morgan fingerprint density at radius 1 is 1.04 bits per heavy atom. The molecule has 15 heteroatoms. The number of nitrogens with zero attached hydrogens (tertiary/aromatic N) is 2. The Hall–Kier alpha value is -3.77. The molecule has 0 unspecified atom stereocenters. The van der Waals surface area contributed by atoms with Crippen LogP contribution in [0.15, 0.2) is 70.4 Å². The van der Waals surface area contributed by atoms with Gasteiger partial charge in [-0.15, -0.1) is 0 Å². The molecular weight excluding hydrogens is 703 g/mol. The number of aromatic nitrogens is 2. The number of hydrogen-bond acceptors (Lipinski definition) is 10. The average molecular weight is 737 g/mol. The van der Waals surface area contributed by atoms with Crippen molar-refractivity contribution in [2.45, 2.75) is 69.4 Å². The highest BCUT2D eigenvalue weighted by Crippen LogP contribution is 2.44. The van der Waals surface area contributed by atoms with E-state index in [4.69, 9.17) is 29.4 Å². The summed E-state index contributed by atoms with van der Waals surface area (Å²) in [7, 11) is 1.53. The molecule has 1 amide bonds. The van der Waals surface area contributed by atoms with Gasteiger partial charge in [0.05, 0.1) is 13.7 Å². The number of halogens is 1. The Balaban J connectivity index is 1.48. The third kappa shape index (κ3) is 7.22. The molecule has 45 heavy (non-hydrogen) atoms. The van der Waals surface area contributed by atoms with Crippen LogP contribution in [0.5, 0.6) is 5.75 Å². The maximum Gasteiger partial charge on any atom is 0.404 e. The van der Waals surface area contributed by atoms with Crippen LogP contribution in [0.1, 0.15) is 31.2 Å². The van der Waals surface area contributed by atoms with Crippen LogP contribution in [0.2, 0.25) is 0 Å². The fraction of sp³-hybridized carbons (Fsp3) is 0.400. The van der Waals surface area contributed by atoms with E-state index in [1.807, 2.05) is 24.3 Å². The SMILES string of the molecule is COc1ccc(Cn2c(=O)ccn([C@@H]3O[C@H]([C@@H](OC(N)=O)[C@H](NCc4ccc(I)cc4)C(=O)O)[C@H]4OC(C)(C)O[C@H]43)c2=O)cc1. The third-order valence-corrected chi connectivity index (χ3v) is 8.26. The lowest BCUT2D eigenvalue weighted by molar-refractivity contribution is -0.210. The summed E-state index contributed by atoms with van der Waals surface area (Å²) in [6.07, 6.45) is -5.80. The number of nitrogens with one attached hydrogen (secondary N) is 1. The van der Waals surface area contributed by atoms with E-state index in [1.54, 1.807) is 38.1 Å². The number of benzene rings is 2. The second kappa shape index (κ2) is 13.3. The Kier molecular flexibility index (Phi) is 9.64. The minimum Gasteiger partial charge on any atom is -0.497 e. The first kappa shape index (κ1) is 32.6. The normalized spacial score (nSPS) is 23.2. The number of primary amides is 1. The topological polar surface area (TPSA) is 183 Å². The van der Waals surface area contributed by atoms with Gasteiger partial charge >= 0.3 is 17.8 Å². The minimum absolute atomic E-state index is 0.0352. The van der Waals surface area contributed by atoms with Gasteiger partial charge in [-0.3, -0.25) is 24.0 Å². The fourth-order valence-corrected chi connectivity index (χ4v) is 5.87. The Morgan fingerprint density at radius 3 is 2.31 bits per heavy atom. The number of carboxylic acid groups (broad SMARTS) is 1. The van der Waals surface area contributed by atoms with Crippen molar-refractivity contribution in [3.05, 3.63) is 96.3 Å². The van der Waals surface area contributed by atoms with E-state index < -0.39 is 65.8 Å². The molecule has 2 saturated heterocycles. The van der Waals surface area contributed by atoms with E-state index in [2.05, 4.69) is 27.9 Å². The molecule has 0 spiro atoms. The maximum atomic E-state index is 13.7. The summed E-state index contributed by atoms with van der Waals surface area (Å²) in [6, 6.07) is 14.0. The van der Waals surface area contributed by atoms with Crippen molar-refractivity contribution < 1.29 is 38.4 Å². The van der Waals surface area contributed by atoms with Crippen LogP contribution in [-0.2, 0) is 36.8 Å². The van der Waals surface area contributed by atoms with Gasteiger partial charge in [-0.1, -0.05) is 24.3 Å². The zero-order valence-corrected chi connectivity index (χ0v) is 26.8. The smallest absolute Gasteiger partial charge is 0.404 e. The molecule has 0 radical (unpaired) electrons. The monoisotopic (exact) mass is 736 g/mol. The summed E-state index contributed by atoms with van der Waals surface area (Å²) in [5.74, 6) is -1.88. The van der Waals surface area contributed by atoms with Crippen LogP contribution in [0.3, 0.4) is 0 Å². The molecule has 2 aliphatic heterocycles. The first-order chi connectivity index (χ1) is 21.4. The van der Waals surface area contributed by atoms with Crippen LogP contribution in [0.4, 0.5) is 4.79 Å². The molecule has 240 valence electrons. The van der Waals surface area contributed by atoms with Gasteiger partial charge in [0.15, 0.2) is 18.1 Å². The number of aliphatic carboxylic acids is 1. The number of carbonyl (C=O) groups is 2. The van der Waals surface area contributed by atoms with E-state index in [1.165, 1.54) is 23.9 Å². The summed E-state index contributed by atoms with van der Waals surface area (Å²) < 4.78 is 32.3. The van der Waals surface area contributed by atoms with E-state index in [-0.39, 0.29) is 13.1 Å².